The van der Waals surface area contributed by atoms with Gasteiger partial charge < -0.3 is 0 Å². The van der Waals surface area contributed by atoms with Crippen molar-refractivity contribution in [1.29, 1.82) is 0 Å². The van der Waals surface area contributed by atoms with Crippen molar-refractivity contribution in [2.24, 2.45) is 17.3 Å². The van der Waals surface area contributed by atoms with Crippen molar-refractivity contribution in [1.82, 2.24) is 0 Å². The molecule has 3 atom stereocenters. The van der Waals surface area contributed by atoms with E-state index < -0.39 is 5.67 Å². The summed E-state index contributed by atoms with van der Waals surface area (Å²) in [5.74, 6) is 1.35. The van der Waals surface area contributed by atoms with E-state index in [1.807, 2.05) is 0 Å². The van der Waals surface area contributed by atoms with E-state index in [0.29, 0.717) is 11.8 Å². The predicted molar refractivity (Wildman–Crippen MR) is 44.1 cm³/mol. The predicted octanol–water partition coefficient (Wildman–Crippen LogP) is 3.17. The first-order valence-electron chi connectivity index (χ1n) is 4.70. The Balaban J connectivity index is 2.23. The molecule has 64 valence electrons. The summed E-state index contributed by atoms with van der Waals surface area (Å²) in [7, 11) is 0. The van der Waals surface area contributed by atoms with Crippen LogP contribution in [0, 0.1) is 17.3 Å². The topological polar surface area (TPSA) is 0 Å². The summed E-state index contributed by atoms with van der Waals surface area (Å²) in [6, 6.07) is 0. The van der Waals surface area contributed by atoms with Gasteiger partial charge in [-0.3, -0.25) is 0 Å². The lowest BCUT2D eigenvalue weighted by Crippen LogP contribution is -2.50. The van der Waals surface area contributed by atoms with Crippen LogP contribution in [0.2, 0.25) is 0 Å². The summed E-state index contributed by atoms with van der Waals surface area (Å²) in [4.78, 5) is 0. The second kappa shape index (κ2) is 1.81. The maximum atomic E-state index is 13.9. The average Bonchev–Trinajstić information content (AvgIpc) is 2.38. The molecule has 0 heterocycles. The molecule has 3 rings (SSSR count). The van der Waals surface area contributed by atoms with Crippen molar-refractivity contribution in [3.63, 3.8) is 0 Å². The molecule has 1 heteroatoms. The van der Waals surface area contributed by atoms with E-state index in [2.05, 4.69) is 20.8 Å². The van der Waals surface area contributed by atoms with Gasteiger partial charge in [-0.1, -0.05) is 27.2 Å². The Kier molecular flexibility index (Phi) is 1.24. The Hall–Kier alpha value is -0.0700. The number of alkyl halides is 1. The van der Waals surface area contributed by atoms with Crippen LogP contribution in [0.3, 0.4) is 0 Å². The Morgan fingerprint density at radius 1 is 1.36 bits per heavy atom. The Labute approximate surface area is 68.2 Å². The van der Waals surface area contributed by atoms with Crippen LogP contribution in [-0.4, -0.2) is 5.67 Å². The van der Waals surface area contributed by atoms with Crippen LogP contribution in [-0.2, 0) is 0 Å². The molecule has 0 amide bonds. The van der Waals surface area contributed by atoms with Gasteiger partial charge in [-0.2, -0.15) is 0 Å². The fraction of sp³-hybridized carbons (Fsp3) is 1.00. The maximum Gasteiger partial charge on any atom is 0.117 e. The lowest BCUT2D eigenvalue weighted by atomic mass is 9.58. The molecule has 3 aliphatic carbocycles. The van der Waals surface area contributed by atoms with Gasteiger partial charge in [-0.25, -0.2) is 4.39 Å². The highest BCUT2D eigenvalue weighted by atomic mass is 19.1. The molecule has 3 saturated carbocycles. The van der Waals surface area contributed by atoms with E-state index in [1.54, 1.807) is 0 Å². The quantitative estimate of drug-likeness (QED) is 0.547. The molecule has 11 heavy (non-hydrogen) atoms. The third-order valence-electron chi connectivity index (χ3n) is 4.30. The van der Waals surface area contributed by atoms with Gasteiger partial charge in [0.25, 0.3) is 0 Å². The monoisotopic (exact) mass is 156 g/mol. The summed E-state index contributed by atoms with van der Waals surface area (Å²) in [6.07, 6.45) is 2.85. The maximum absolute atomic E-state index is 13.9. The van der Waals surface area contributed by atoms with Gasteiger partial charge >= 0.3 is 0 Å². The van der Waals surface area contributed by atoms with Crippen molar-refractivity contribution in [2.75, 3.05) is 0 Å². The molecular formula is C10H17F. The standard InChI is InChI=1S/C10H17F/c1-4-7-5-10(11)6-8(7)9(10,2)3/h7-8H,4-6H2,1-3H3. The average molecular weight is 156 g/mol. The molecule has 3 fully saturated rings. The summed E-state index contributed by atoms with van der Waals surface area (Å²) in [5, 5.41) is 0. The van der Waals surface area contributed by atoms with Gasteiger partial charge in [-0.05, 0) is 24.7 Å². The highest BCUT2D eigenvalue weighted by Crippen LogP contribution is 2.69. The lowest BCUT2D eigenvalue weighted by Gasteiger charge is -2.49. The molecule has 3 aliphatic rings. The first-order chi connectivity index (χ1) is 5.01. The van der Waals surface area contributed by atoms with Gasteiger partial charge in [0.15, 0.2) is 0 Å². The molecule has 0 N–H and O–H groups in total. The first kappa shape index (κ1) is 7.57. The first-order valence-corrected chi connectivity index (χ1v) is 4.70. The van der Waals surface area contributed by atoms with Crippen molar-refractivity contribution in [2.45, 2.75) is 45.7 Å². The van der Waals surface area contributed by atoms with Crippen molar-refractivity contribution in [3.8, 4) is 0 Å². The molecule has 2 bridgehead atoms. The largest absolute Gasteiger partial charge is 0.243 e. The van der Waals surface area contributed by atoms with E-state index in [1.165, 1.54) is 6.42 Å². The Morgan fingerprint density at radius 2 is 2.00 bits per heavy atom. The summed E-state index contributed by atoms with van der Waals surface area (Å²) < 4.78 is 13.9. The van der Waals surface area contributed by atoms with E-state index in [0.717, 1.165) is 12.8 Å². The van der Waals surface area contributed by atoms with E-state index in [4.69, 9.17) is 0 Å². The Morgan fingerprint density at radius 3 is 2.18 bits per heavy atom. The third kappa shape index (κ3) is 0.653. The van der Waals surface area contributed by atoms with Crippen LogP contribution < -0.4 is 0 Å². The minimum absolute atomic E-state index is 0.00627. The van der Waals surface area contributed by atoms with Crippen LogP contribution in [0.1, 0.15) is 40.0 Å². The fourth-order valence-corrected chi connectivity index (χ4v) is 3.16. The normalized spacial score (nSPS) is 52.4. The summed E-state index contributed by atoms with van der Waals surface area (Å²) in [5.41, 5.74) is -0.800. The number of fused-ring (bicyclic) bond motifs is 1. The van der Waals surface area contributed by atoms with Crippen LogP contribution in [0.15, 0.2) is 0 Å². The molecule has 0 radical (unpaired) electrons. The highest BCUT2D eigenvalue weighted by molar-refractivity contribution is 5.17. The summed E-state index contributed by atoms with van der Waals surface area (Å²) in [6.45, 7) is 6.37. The smallest absolute Gasteiger partial charge is 0.117 e. The van der Waals surface area contributed by atoms with Gasteiger partial charge in [-0.15, -0.1) is 0 Å². The molecule has 0 aromatic carbocycles. The van der Waals surface area contributed by atoms with E-state index in [9.17, 15) is 4.39 Å². The molecule has 3 unspecified atom stereocenters. The number of halogens is 1. The molecule has 0 aromatic rings. The van der Waals surface area contributed by atoms with E-state index in [-0.39, 0.29) is 5.41 Å². The second-order valence-electron chi connectivity index (χ2n) is 4.87. The number of hydrogen-bond donors (Lipinski definition) is 0. The van der Waals surface area contributed by atoms with Crippen LogP contribution in [0.25, 0.3) is 0 Å². The van der Waals surface area contributed by atoms with Crippen molar-refractivity contribution in [3.05, 3.63) is 0 Å². The Bertz CT molecular complexity index is 183. The summed E-state index contributed by atoms with van der Waals surface area (Å²) >= 11 is 0. The number of hydrogen-bond acceptors (Lipinski definition) is 0. The zero-order valence-electron chi connectivity index (χ0n) is 7.65. The van der Waals surface area contributed by atoms with Gasteiger partial charge in [0.05, 0.1) is 0 Å². The molecule has 0 saturated heterocycles. The third-order valence-corrected chi connectivity index (χ3v) is 4.30. The molecule has 0 aliphatic heterocycles. The fourth-order valence-electron chi connectivity index (χ4n) is 3.16. The van der Waals surface area contributed by atoms with E-state index >= 15 is 0 Å². The minimum Gasteiger partial charge on any atom is -0.243 e. The van der Waals surface area contributed by atoms with Crippen molar-refractivity contribution >= 4 is 0 Å². The minimum atomic E-state index is -0.793. The van der Waals surface area contributed by atoms with Gasteiger partial charge in [0.1, 0.15) is 5.67 Å². The zero-order chi connectivity index (χ0) is 8.28. The molecule has 0 nitrogen and oxygen atoms in total. The second-order valence-corrected chi connectivity index (χ2v) is 4.87. The van der Waals surface area contributed by atoms with Crippen LogP contribution >= 0.6 is 0 Å². The highest BCUT2D eigenvalue weighted by Gasteiger charge is 2.68. The van der Waals surface area contributed by atoms with Crippen molar-refractivity contribution < 1.29 is 4.39 Å². The number of rotatable bonds is 1. The van der Waals surface area contributed by atoms with Gasteiger partial charge in [0, 0.05) is 5.41 Å². The van der Waals surface area contributed by atoms with Crippen LogP contribution in [0.5, 0.6) is 0 Å². The molecule has 0 aromatic heterocycles. The molecule has 0 spiro atoms. The SMILES string of the molecule is CCC1CC2(F)CC1C2(C)C. The molecular weight excluding hydrogens is 139 g/mol. The lowest BCUT2D eigenvalue weighted by molar-refractivity contribution is -0.0858. The van der Waals surface area contributed by atoms with Gasteiger partial charge in [0.2, 0.25) is 0 Å². The van der Waals surface area contributed by atoms with Crippen LogP contribution in [0.4, 0.5) is 4.39 Å². The zero-order valence-corrected chi connectivity index (χ0v) is 7.65.